The van der Waals surface area contributed by atoms with E-state index in [0.29, 0.717) is 24.1 Å². The second-order valence-electron chi connectivity index (χ2n) is 6.18. The van der Waals surface area contributed by atoms with Gasteiger partial charge in [0.2, 0.25) is 0 Å². The van der Waals surface area contributed by atoms with E-state index in [-0.39, 0.29) is 23.9 Å². The minimum Gasteiger partial charge on any atom is -0.344 e. The molecule has 0 radical (unpaired) electrons. The quantitative estimate of drug-likeness (QED) is 0.754. The van der Waals surface area contributed by atoms with E-state index >= 15 is 0 Å². The first kappa shape index (κ1) is 18.9. The Morgan fingerprint density at radius 1 is 1.45 bits per heavy atom. The minimum absolute atomic E-state index is 0. The number of hydrogen-bond acceptors (Lipinski definition) is 3. The summed E-state index contributed by atoms with van der Waals surface area (Å²) in [5.41, 5.74) is 6.79. The van der Waals surface area contributed by atoms with Gasteiger partial charge in [0.15, 0.2) is 0 Å². The molecule has 0 fully saturated rings. The summed E-state index contributed by atoms with van der Waals surface area (Å²) in [6.45, 7) is 10.7. The smallest absolute Gasteiger partial charge is 0.272 e. The first-order chi connectivity index (χ1) is 8.77. The van der Waals surface area contributed by atoms with Crippen molar-refractivity contribution < 1.29 is 4.79 Å². The lowest BCUT2D eigenvalue weighted by molar-refractivity contribution is 0.0893. The largest absolute Gasteiger partial charge is 0.344 e. The summed E-state index contributed by atoms with van der Waals surface area (Å²) < 4.78 is 0. The Morgan fingerprint density at radius 3 is 2.45 bits per heavy atom. The Morgan fingerprint density at radius 2 is 2.05 bits per heavy atom. The van der Waals surface area contributed by atoms with Gasteiger partial charge in [0.1, 0.15) is 5.69 Å². The lowest BCUT2D eigenvalue weighted by Gasteiger charge is -2.30. The van der Waals surface area contributed by atoms with Crippen molar-refractivity contribution in [1.29, 1.82) is 0 Å². The molecule has 0 saturated heterocycles. The van der Waals surface area contributed by atoms with Crippen molar-refractivity contribution >= 4 is 18.3 Å². The second-order valence-corrected chi connectivity index (χ2v) is 6.18. The Kier molecular flexibility index (Phi) is 7.23. The lowest BCUT2D eigenvalue weighted by Crippen LogP contribution is -2.52. The van der Waals surface area contributed by atoms with Crippen LogP contribution in [-0.4, -0.2) is 28.2 Å². The van der Waals surface area contributed by atoms with Gasteiger partial charge in [-0.25, -0.2) is 0 Å². The third-order valence-corrected chi connectivity index (χ3v) is 3.18. The molecule has 0 aliphatic heterocycles. The molecule has 4 N–H and O–H groups in total. The van der Waals surface area contributed by atoms with Crippen LogP contribution in [0, 0.1) is 5.92 Å². The summed E-state index contributed by atoms with van der Waals surface area (Å²) in [5.74, 6) is 0.626. The SMILES string of the molecule is CC(C)CC(C)(CN)NC(=O)c1cc(C(C)C)[nH]n1.Cl. The zero-order valence-electron chi connectivity index (χ0n) is 13.0. The van der Waals surface area contributed by atoms with Crippen LogP contribution in [0.1, 0.15) is 63.1 Å². The molecule has 5 nitrogen and oxygen atoms in total. The molecule has 0 spiro atoms. The molecule has 1 aromatic rings. The van der Waals surface area contributed by atoms with Crippen LogP contribution in [0.25, 0.3) is 0 Å². The third kappa shape index (κ3) is 5.13. The van der Waals surface area contributed by atoms with Gasteiger partial charge in [-0.05, 0) is 31.2 Å². The number of carbonyl (C=O) groups is 1. The Hall–Kier alpha value is -1.07. The number of nitrogens with two attached hydrogens (primary N) is 1. The second kappa shape index (κ2) is 7.64. The standard InChI is InChI=1S/C14H26N4O.ClH/c1-9(2)7-14(5,8-15)16-13(19)12-6-11(10(3)4)17-18-12;/h6,9-10H,7-8,15H2,1-5H3,(H,16,19)(H,17,18);1H. The molecule has 0 aromatic carbocycles. The van der Waals surface area contributed by atoms with E-state index in [1.165, 1.54) is 0 Å². The highest BCUT2D eigenvalue weighted by Gasteiger charge is 2.27. The number of carbonyl (C=O) groups excluding carboxylic acids is 1. The lowest BCUT2D eigenvalue weighted by atomic mass is 9.90. The summed E-state index contributed by atoms with van der Waals surface area (Å²) in [6, 6.07) is 1.80. The van der Waals surface area contributed by atoms with Gasteiger partial charge in [-0.1, -0.05) is 27.7 Å². The van der Waals surface area contributed by atoms with Gasteiger partial charge in [0.05, 0.1) is 5.54 Å². The molecule has 1 amide bonds. The zero-order valence-corrected chi connectivity index (χ0v) is 13.8. The Bertz CT molecular complexity index is 431. The highest BCUT2D eigenvalue weighted by Crippen LogP contribution is 2.17. The Balaban J connectivity index is 0.00000361. The first-order valence-corrected chi connectivity index (χ1v) is 6.85. The van der Waals surface area contributed by atoms with Crippen LogP contribution in [-0.2, 0) is 0 Å². The number of aromatic nitrogens is 2. The number of rotatable bonds is 6. The molecule has 20 heavy (non-hydrogen) atoms. The highest BCUT2D eigenvalue weighted by atomic mass is 35.5. The maximum atomic E-state index is 12.2. The van der Waals surface area contributed by atoms with Crippen molar-refractivity contribution in [3.63, 3.8) is 0 Å². The molecule has 116 valence electrons. The number of hydrogen-bond donors (Lipinski definition) is 3. The van der Waals surface area contributed by atoms with Crippen LogP contribution in [0.4, 0.5) is 0 Å². The van der Waals surface area contributed by atoms with Crippen LogP contribution < -0.4 is 11.1 Å². The summed E-state index contributed by atoms with van der Waals surface area (Å²) in [7, 11) is 0. The van der Waals surface area contributed by atoms with Gasteiger partial charge in [-0.3, -0.25) is 9.89 Å². The maximum absolute atomic E-state index is 12.2. The summed E-state index contributed by atoms with van der Waals surface area (Å²) in [4.78, 5) is 12.2. The molecule has 6 heteroatoms. The molecule has 0 bridgehead atoms. The maximum Gasteiger partial charge on any atom is 0.272 e. The van der Waals surface area contributed by atoms with Crippen molar-refractivity contribution in [2.24, 2.45) is 11.7 Å². The summed E-state index contributed by atoms with van der Waals surface area (Å²) >= 11 is 0. The zero-order chi connectivity index (χ0) is 14.6. The van der Waals surface area contributed by atoms with Crippen LogP contribution >= 0.6 is 12.4 Å². The Labute approximate surface area is 127 Å². The van der Waals surface area contributed by atoms with Gasteiger partial charge in [0, 0.05) is 12.2 Å². The average molecular weight is 303 g/mol. The van der Waals surface area contributed by atoms with E-state index in [1.54, 1.807) is 6.07 Å². The molecule has 1 atom stereocenters. The van der Waals surface area contributed by atoms with E-state index in [0.717, 1.165) is 12.1 Å². The number of nitrogens with one attached hydrogen (secondary N) is 2. The highest BCUT2D eigenvalue weighted by molar-refractivity contribution is 5.92. The molecular weight excluding hydrogens is 276 g/mol. The van der Waals surface area contributed by atoms with Gasteiger partial charge < -0.3 is 11.1 Å². The molecular formula is C14H27ClN4O. The number of H-pyrrole nitrogens is 1. The fourth-order valence-corrected chi connectivity index (χ4v) is 2.17. The fourth-order valence-electron chi connectivity index (χ4n) is 2.17. The van der Waals surface area contributed by atoms with Crippen LogP contribution in [0.2, 0.25) is 0 Å². The number of nitrogens with zero attached hydrogens (tertiary/aromatic N) is 1. The fraction of sp³-hybridized carbons (Fsp3) is 0.714. The van der Waals surface area contributed by atoms with Crippen molar-refractivity contribution in [1.82, 2.24) is 15.5 Å². The van der Waals surface area contributed by atoms with Gasteiger partial charge >= 0.3 is 0 Å². The topological polar surface area (TPSA) is 83.8 Å². The minimum atomic E-state index is -0.387. The third-order valence-electron chi connectivity index (χ3n) is 3.18. The van der Waals surface area contributed by atoms with Crippen LogP contribution in [0.3, 0.4) is 0 Å². The first-order valence-electron chi connectivity index (χ1n) is 6.85. The van der Waals surface area contributed by atoms with E-state index in [9.17, 15) is 4.79 Å². The molecule has 1 heterocycles. The van der Waals surface area contributed by atoms with Crippen LogP contribution in [0.15, 0.2) is 6.07 Å². The number of amides is 1. The predicted molar refractivity (Wildman–Crippen MR) is 84.3 cm³/mol. The van der Waals surface area contributed by atoms with Gasteiger partial charge in [-0.15, -0.1) is 12.4 Å². The average Bonchev–Trinajstić information content (AvgIpc) is 2.77. The summed E-state index contributed by atoms with van der Waals surface area (Å²) in [5, 5.41) is 9.94. The molecule has 0 aliphatic rings. The van der Waals surface area contributed by atoms with Crippen LogP contribution in [0.5, 0.6) is 0 Å². The van der Waals surface area contributed by atoms with E-state index in [1.807, 2.05) is 6.92 Å². The van der Waals surface area contributed by atoms with E-state index < -0.39 is 0 Å². The number of aromatic amines is 1. The van der Waals surface area contributed by atoms with E-state index in [4.69, 9.17) is 5.73 Å². The van der Waals surface area contributed by atoms with E-state index in [2.05, 4.69) is 43.2 Å². The van der Waals surface area contributed by atoms with Gasteiger partial charge in [-0.2, -0.15) is 5.10 Å². The molecule has 0 saturated carbocycles. The van der Waals surface area contributed by atoms with Gasteiger partial charge in [0.25, 0.3) is 5.91 Å². The molecule has 1 unspecified atom stereocenters. The normalized spacial score (nSPS) is 14.0. The van der Waals surface area contributed by atoms with Crippen molar-refractivity contribution in [3.8, 4) is 0 Å². The monoisotopic (exact) mass is 302 g/mol. The summed E-state index contributed by atoms with van der Waals surface area (Å²) in [6.07, 6.45) is 0.844. The predicted octanol–water partition coefficient (Wildman–Crippen LogP) is 2.45. The number of halogens is 1. The molecule has 1 aromatic heterocycles. The molecule has 0 aliphatic carbocycles. The van der Waals surface area contributed by atoms with Crippen molar-refractivity contribution in [2.75, 3.05) is 6.54 Å². The van der Waals surface area contributed by atoms with Crippen molar-refractivity contribution in [2.45, 2.75) is 52.5 Å². The molecule has 1 rings (SSSR count). The van der Waals surface area contributed by atoms with Crippen molar-refractivity contribution in [3.05, 3.63) is 17.5 Å².